The Hall–Kier alpha value is -5.25. The van der Waals surface area contributed by atoms with Gasteiger partial charge < -0.3 is 5.32 Å². The summed E-state index contributed by atoms with van der Waals surface area (Å²) >= 11 is 1.89. The molecule has 2 aliphatic heterocycles. The molecule has 0 spiro atoms. The summed E-state index contributed by atoms with van der Waals surface area (Å²) in [6, 6.07) is 59.7. The van der Waals surface area contributed by atoms with Gasteiger partial charge in [0.2, 0.25) is 6.71 Å². The summed E-state index contributed by atoms with van der Waals surface area (Å²) in [6.07, 6.45) is 0. The third-order valence-electron chi connectivity index (χ3n) is 9.14. The van der Waals surface area contributed by atoms with Crippen molar-refractivity contribution in [1.82, 2.24) is 0 Å². The van der Waals surface area contributed by atoms with Gasteiger partial charge in [-0.2, -0.15) is 0 Å². The van der Waals surface area contributed by atoms with Crippen molar-refractivity contribution in [1.29, 1.82) is 0 Å². The van der Waals surface area contributed by atoms with Gasteiger partial charge in [-0.1, -0.05) is 157 Å². The van der Waals surface area contributed by atoms with Gasteiger partial charge in [0, 0.05) is 21.2 Å². The quantitative estimate of drug-likeness (QED) is 0.205. The smallest absolute Gasteiger partial charge is 0.249 e. The molecule has 1 nitrogen and oxygen atoms in total. The van der Waals surface area contributed by atoms with Crippen LogP contribution in [0.25, 0.3) is 44.5 Å². The lowest BCUT2D eigenvalue weighted by molar-refractivity contribution is 1.40. The van der Waals surface area contributed by atoms with E-state index in [9.17, 15) is 0 Å². The van der Waals surface area contributed by atoms with E-state index in [0.717, 1.165) is 0 Å². The second-order valence-corrected chi connectivity index (χ2v) is 12.8. The predicted octanol–water partition coefficient (Wildman–Crippen LogP) is 9.39. The van der Waals surface area contributed by atoms with Gasteiger partial charge in [-0.3, -0.25) is 0 Å². The molecule has 0 atom stereocenters. The van der Waals surface area contributed by atoms with Gasteiger partial charge >= 0.3 is 0 Å². The molecule has 0 bridgehead atoms. The maximum Gasteiger partial charge on any atom is 0.249 e. The molecule has 7 aromatic rings. The molecule has 210 valence electrons. The zero-order valence-corrected chi connectivity index (χ0v) is 25.4. The Kier molecular flexibility index (Phi) is 6.24. The minimum Gasteiger partial charge on any atom is -0.356 e. The van der Waals surface area contributed by atoms with E-state index in [2.05, 4.69) is 169 Å². The number of hydrogen-bond donors (Lipinski definition) is 1. The molecule has 7 aromatic carbocycles. The predicted molar refractivity (Wildman–Crippen MR) is 193 cm³/mol. The Bertz CT molecular complexity index is 2150. The van der Waals surface area contributed by atoms with E-state index in [0.29, 0.717) is 0 Å². The van der Waals surface area contributed by atoms with Crippen LogP contribution in [-0.2, 0) is 0 Å². The number of anilines is 2. The summed E-state index contributed by atoms with van der Waals surface area (Å²) in [5.41, 5.74) is 16.3. The molecule has 9 rings (SSSR count). The van der Waals surface area contributed by atoms with Gasteiger partial charge in [-0.25, -0.2) is 0 Å². The summed E-state index contributed by atoms with van der Waals surface area (Å²) in [5.74, 6) is 0. The highest BCUT2D eigenvalue weighted by Gasteiger charge is 2.38. The van der Waals surface area contributed by atoms with Crippen LogP contribution in [0.1, 0.15) is 0 Å². The second-order valence-electron chi connectivity index (χ2n) is 11.8. The van der Waals surface area contributed by atoms with E-state index < -0.39 is 0 Å². The van der Waals surface area contributed by atoms with Crippen LogP contribution >= 0.6 is 11.8 Å². The van der Waals surface area contributed by atoms with Gasteiger partial charge in [0.1, 0.15) is 0 Å². The Morgan fingerprint density at radius 1 is 0.400 bits per heavy atom. The summed E-state index contributed by atoms with van der Waals surface area (Å²) in [6.45, 7) is 0.181. The lowest BCUT2D eigenvalue weighted by atomic mass is 9.35. The minimum atomic E-state index is 0.181. The van der Waals surface area contributed by atoms with E-state index in [4.69, 9.17) is 0 Å². The molecule has 2 heterocycles. The van der Waals surface area contributed by atoms with Gasteiger partial charge in [-0.05, 0) is 79.7 Å². The van der Waals surface area contributed by atoms with Crippen LogP contribution < -0.4 is 21.7 Å². The van der Waals surface area contributed by atoms with Crippen molar-refractivity contribution in [3.05, 3.63) is 164 Å². The highest BCUT2D eigenvalue weighted by Crippen LogP contribution is 2.43. The van der Waals surface area contributed by atoms with Gasteiger partial charge in [0.25, 0.3) is 0 Å². The van der Waals surface area contributed by atoms with Crippen LogP contribution in [0.15, 0.2) is 174 Å². The van der Waals surface area contributed by atoms with Gasteiger partial charge in [0.15, 0.2) is 0 Å². The van der Waals surface area contributed by atoms with Crippen LogP contribution in [0.4, 0.5) is 11.4 Å². The van der Waals surface area contributed by atoms with Crippen molar-refractivity contribution in [2.45, 2.75) is 9.79 Å². The van der Waals surface area contributed by atoms with Crippen molar-refractivity contribution in [2.24, 2.45) is 0 Å². The van der Waals surface area contributed by atoms with Crippen molar-refractivity contribution >= 4 is 46.2 Å². The van der Waals surface area contributed by atoms with Crippen LogP contribution in [0.2, 0.25) is 0 Å². The standard InChI is InChI=1S/C42H28BNS/c1-4-13-28(14-5-1)32-26-38-42-40(27-32)45-39-22-11-10-21-36(39)43(42)35-24-23-31(25-37(35)44-38)41-33(29-15-6-2-7-16-29)19-12-20-34(41)30-17-8-3-9-18-30/h1-27,44H. The molecule has 2 aliphatic rings. The van der Waals surface area contributed by atoms with Gasteiger partial charge in [-0.15, -0.1) is 0 Å². The third-order valence-corrected chi connectivity index (χ3v) is 10.3. The Balaban J connectivity index is 1.27. The first-order chi connectivity index (χ1) is 22.3. The van der Waals surface area contributed by atoms with E-state index in [1.807, 2.05) is 11.8 Å². The molecule has 45 heavy (non-hydrogen) atoms. The topological polar surface area (TPSA) is 12.0 Å². The normalized spacial score (nSPS) is 12.5. The number of rotatable bonds is 4. The number of hydrogen-bond acceptors (Lipinski definition) is 2. The van der Waals surface area contributed by atoms with Gasteiger partial charge in [0.05, 0.1) is 0 Å². The van der Waals surface area contributed by atoms with Crippen LogP contribution in [0, 0.1) is 0 Å². The number of benzene rings is 7. The molecular weight excluding hydrogens is 561 g/mol. The number of nitrogens with one attached hydrogen (secondary N) is 1. The molecule has 0 amide bonds. The highest BCUT2D eigenvalue weighted by molar-refractivity contribution is 8.00. The van der Waals surface area contributed by atoms with Crippen molar-refractivity contribution in [3.8, 4) is 44.5 Å². The summed E-state index contributed by atoms with van der Waals surface area (Å²) in [5, 5.41) is 3.94. The Labute approximate surface area is 268 Å². The third kappa shape index (κ3) is 4.43. The second kappa shape index (κ2) is 10.7. The molecule has 0 aromatic heterocycles. The summed E-state index contributed by atoms with van der Waals surface area (Å²) in [7, 11) is 0. The first-order valence-corrected chi connectivity index (χ1v) is 16.3. The molecular formula is C42H28BNS. The van der Waals surface area contributed by atoms with Crippen molar-refractivity contribution in [3.63, 3.8) is 0 Å². The molecule has 0 radical (unpaired) electrons. The minimum absolute atomic E-state index is 0.181. The summed E-state index contributed by atoms with van der Waals surface area (Å²) in [4.78, 5) is 2.67. The van der Waals surface area contributed by atoms with E-state index in [1.165, 1.54) is 82.1 Å². The Morgan fingerprint density at radius 3 is 1.69 bits per heavy atom. The molecule has 0 saturated heterocycles. The monoisotopic (exact) mass is 589 g/mol. The summed E-state index contributed by atoms with van der Waals surface area (Å²) < 4.78 is 0. The average Bonchev–Trinajstić information content (AvgIpc) is 3.12. The maximum atomic E-state index is 3.94. The highest BCUT2D eigenvalue weighted by atomic mass is 32.2. The van der Waals surface area contributed by atoms with Crippen molar-refractivity contribution in [2.75, 3.05) is 5.32 Å². The van der Waals surface area contributed by atoms with Crippen LogP contribution in [0.3, 0.4) is 0 Å². The Morgan fingerprint density at radius 2 is 1.00 bits per heavy atom. The molecule has 0 unspecified atom stereocenters. The fourth-order valence-electron chi connectivity index (χ4n) is 7.12. The number of fused-ring (bicyclic) bond motifs is 4. The molecule has 3 heteroatoms. The molecule has 0 fully saturated rings. The van der Waals surface area contributed by atoms with Crippen LogP contribution in [-0.4, -0.2) is 6.71 Å². The maximum absolute atomic E-state index is 3.94. The molecule has 1 N–H and O–H groups in total. The SMILES string of the molecule is c1ccc(-c2cc3c4c(c2)Sc2ccccc2B4c2ccc(-c4c(-c5ccccc5)cccc4-c4ccccc4)cc2N3)cc1. The van der Waals surface area contributed by atoms with Crippen molar-refractivity contribution < 1.29 is 0 Å². The van der Waals surface area contributed by atoms with E-state index in [1.54, 1.807) is 0 Å². The first kappa shape index (κ1) is 26.2. The molecule has 0 saturated carbocycles. The largest absolute Gasteiger partial charge is 0.356 e. The van der Waals surface area contributed by atoms with E-state index >= 15 is 0 Å². The first-order valence-electron chi connectivity index (χ1n) is 15.5. The zero-order chi connectivity index (χ0) is 29.7. The average molecular weight is 590 g/mol. The fourth-order valence-corrected chi connectivity index (χ4v) is 8.33. The fraction of sp³-hybridized carbons (Fsp3) is 0. The molecule has 0 aliphatic carbocycles. The lowest BCUT2D eigenvalue weighted by Gasteiger charge is -2.34. The van der Waals surface area contributed by atoms with E-state index in [-0.39, 0.29) is 6.71 Å². The zero-order valence-electron chi connectivity index (χ0n) is 24.6. The van der Waals surface area contributed by atoms with Crippen LogP contribution in [0.5, 0.6) is 0 Å². The lowest BCUT2D eigenvalue weighted by Crippen LogP contribution is -2.58.